The molecule has 0 atom stereocenters. The van der Waals surface area contributed by atoms with E-state index in [0.717, 1.165) is 5.01 Å². The molecule has 0 fully saturated rings. The van der Waals surface area contributed by atoms with Crippen molar-refractivity contribution in [2.24, 2.45) is 0 Å². The number of halogens is 1. The zero-order valence-electron chi connectivity index (χ0n) is 19.7. The van der Waals surface area contributed by atoms with Crippen LogP contribution in [0.2, 0.25) is 0 Å². The Hall–Kier alpha value is -2.59. The number of rotatable bonds is 8. The second-order valence-electron chi connectivity index (χ2n) is 9.10. The molecule has 1 aromatic carbocycles. The SMILES string of the molecule is CCCS(=O)(=O)Nc1cccc(-c2nc(C(C)(C)C)sc2-c2ccnc(NC(C)C)n2)c1F. The van der Waals surface area contributed by atoms with Gasteiger partial charge in [-0.05, 0) is 38.5 Å². The average Bonchev–Trinajstić information content (AvgIpc) is 3.15. The minimum Gasteiger partial charge on any atom is -0.352 e. The minimum atomic E-state index is -3.64. The summed E-state index contributed by atoms with van der Waals surface area (Å²) >= 11 is 1.44. The Bertz CT molecular complexity index is 1230. The van der Waals surface area contributed by atoms with Crippen molar-refractivity contribution in [3.8, 4) is 21.8 Å². The standard InChI is InChI=1S/C23H30FN5O2S2/c1-7-13-33(30,31)29-16-10-8-9-15(18(16)24)19-20(32-21(28-19)23(4,5)6)17-11-12-25-22(27-17)26-14(2)3/h8-12,14,29H,7,13H2,1-6H3,(H,25,26,27). The first-order chi connectivity index (χ1) is 15.4. The second kappa shape index (κ2) is 9.72. The molecule has 3 rings (SSSR count). The van der Waals surface area contributed by atoms with Crippen molar-refractivity contribution in [1.29, 1.82) is 0 Å². The third kappa shape index (κ3) is 6.05. The molecule has 2 heterocycles. The van der Waals surface area contributed by atoms with Gasteiger partial charge in [0, 0.05) is 23.2 Å². The Kier molecular flexibility index (Phi) is 7.38. The van der Waals surface area contributed by atoms with E-state index in [4.69, 9.17) is 4.98 Å². The molecule has 0 aliphatic rings. The number of nitrogens with one attached hydrogen (secondary N) is 2. The van der Waals surface area contributed by atoms with E-state index in [0.29, 0.717) is 28.6 Å². The van der Waals surface area contributed by atoms with Crippen molar-refractivity contribution in [2.75, 3.05) is 15.8 Å². The fraction of sp³-hybridized carbons (Fsp3) is 0.435. The molecule has 0 amide bonds. The highest BCUT2D eigenvalue weighted by Gasteiger charge is 2.26. The van der Waals surface area contributed by atoms with Crippen LogP contribution < -0.4 is 10.0 Å². The number of hydrogen-bond donors (Lipinski definition) is 2. The maximum absolute atomic E-state index is 15.6. The van der Waals surface area contributed by atoms with E-state index < -0.39 is 15.8 Å². The molecule has 0 unspecified atom stereocenters. The molecule has 10 heteroatoms. The number of sulfonamides is 1. The molecule has 0 spiro atoms. The largest absolute Gasteiger partial charge is 0.352 e. The summed E-state index contributed by atoms with van der Waals surface area (Å²) in [7, 11) is -3.64. The maximum atomic E-state index is 15.6. The van der Waals surface area contributed by atoms with Crippen LogP contribution in [0.4, 0.5) is 16.0 Å². The van der Waals surface area contributed by atoms with Gasteiger partial charge in [0.25, 0.3) is 0 Å². The van der Waals surface area contributed by atoms with Crippen LogP contribution in [0.3, 0.4) is 0 Å². The lowest BCUT2D eigenvalue weighted by Gasteiger charge is -2.13. The molecular formula is C23H30FN5O2S2. The number of aromatic nitrogens is 3. The smallest absolute Gasteiger partial charge is 0.232 e. The van der Waals surface area contributed by atoms with Crippen molar-refractivity contribution < 1.29 is 12.8 Å². The highest BCUT2D eigenvalue weighted by Crippen LogP contribution is 2.41. The molecule has 33 heavy (non-hydrogen) atoms. The highest BCUT2D eigenvalue weighted by molar-refractivity contribution is 7.92. The fourth-order valence-electron chi connectivity index (χ4n) is 3.09. The Labute approximate surface area is 199 Å². The van der Waals surface area contributed by atoms with Crippen molar-refractivity contribution in [2.45, 2.75) is 59.4 Å². The summed E-state index contributed by atoms with van der Waals surface area (Å²) in [6.45, 7) is 11.9. The van der Waals surface area contributed by atoms with Gasteiger partial charge in [-0.2, -0.15) is 0 Å². The van der Waals surface area contributed by atoms with Gasteiger partial charge in [0.1, 0.15) is 0 Å². The van der Waals surface area contributed by atoms with Crippen LogP contribution in [-0.2, 0) is 15.4 Å². The molecule has 2 aromatic heterocycles. The van der Waals surface area contributed by atoms with Crippen LogP contribution in [0.1, 0.15) is 53.0 Å². The van der Waals surface area contributed by atoms with E-state index in [1.165, 1.54) is 17.4 Å². The van der Waals surface area contributed by atoms with E-state index in [1.54, 1.807) is 31.3 Å². The third-order valence-electron chi connectivity index (χ3n) is 4.57. The zero-order chi connectivity index (χ0) is 24.4. The first-order valence-corrected chi connectivity index (χ1v) is 13.3. The second-order valence-corrected chi connectivity index (χ2v) is 11.9. The van der Waals surface area contributed by atoms with Gasteiger partial charge in [0.05, 0.1) is 32.7 Å². The third-order valence-corrected chi connectivity index (χ3v) is 7.55. The molecule has 7 nitrogen and oxygen atoms in total. The molecule has 0 saturated heterocycles. The summed E-state index contributed by atoms with van der Waals surface area (Å²) in [5.41, 5.74) is 0.897. The van der Waals surface area contributed by atoms with E-state index in [-0.39, 0.29) is 28.5 Å². The molecule has 3 aromatic rings. The number of benzene rings is 1. The van der Waals surface area contributed by atoms with E-state index >= 15 is 4.39 Å². The Balaban J connectivity index is 2.16. The summed E-state index contributed by atoms with van der Waals surface area (Å²) in [5, 5.41) is 4.00. The molecule has 0 aliphatic heterocycles. The number of thiazole rings is 1. The first kappa shape index (κ1) is 25.0. The monoisotopic (exact) mass is 491 g/mol. The fourth-order valence-corrected chi connectivity index (χ4v) is 5.33. The molecule has 0 aliphatic carbocycles. The minimum absolute atomic E-state index is 0.0840. The first-order valence-electron chi connectivity index (χ1n) is 10.8. The van der Waals surface area contributed by atoms with Gasteiger partial charge >= 0.3 is 0 Å². The van der Waals surface area contributed by atoms with Crippen molar-refractivity contribution >= 4 is 33.0 Å². The topological polar surface area (TPSA) is 96.9 Å². The van der Waals surface area contributed by atoms with E-state index in [1.807, 2.05) is 34.6 Å². The maximum Gasteiger partial charge on any atom is 0.232 e. The number of nitrogens with zero attached hydrogens (tertiary/aromatic N) is 3. The average molecular weight is 492 g/mol. The predicted molar refractivity (Wildman–Crippen MR) is 134 cm³/mol. The summed E-state index contributed by atoms with van der Waals surface area (Å²) in [4.78, 5) is 14.3. The Morgan fingerprint density at radius 2 is 1.88 bits per heavy atom. The summed E-state index contributed by atoms with van der Waals surface area (Å²) in [6, 6.07) is 6.55. The van der Waals surface area contributed by atoms with Crippen LogP contribution in [-0.4, -0.2) is 35.2 Å². The van der Waals surface area contributed by atoms with Gasteiger partial charge in [-0.25, -0.2) is 27.8 Å². The lowest BCUT2D eigenvalue weighted by atomic mass is 9.98. The predicted octanol–water partition coefficient (Wildman–Crippen LogP) is 5.68. The van der Waals surface area contributed by atoms with Gasteiger partial charge < -0.3 is 5.32 Å². The van der Waals surface area contributed by atoms with Gasteiger partial charge in [0.15, 0.2) is 5.82 Å². The normalized spacial score (nSPS) is 12.2. The van der Waals surface area contributed by atoms with Crippen LogP contribution >= 0.6 is 11.3 Å². The Morgan fingerprint density at radius 1 is 1.15 bits per heavy atom. The van der Waals surface area contributed by atoms with Crippen LogP contribution in [0, 0.1) is 5.82 Å². The van der Waals surface area contributed by atoms with E-state index in [2.05, 4.69) is 20.0 Å². The zero-order valence-corrected chi connectivity index (χ0v) is 21.4. The summed E-state index contributed by atoms with van der Waals surface area (Å²) < 4.78 is 42.4. The lowest BCUT2D eigenvalue weighted by molar-refractivity contribution is 0.585. The quantitative estimate of drug-likeness (QED) is 0.421. The van der Waals surface area contributed by atoms with Crippen LogP contribution in [0.5, 0.6) is 0 Å². The molecule has 178 valence electrons. The van der Waals surface area contributed by atoms with Crippen molar-refractivity contribution in [3.63, 3.8) is 0 Å². The number of anilines is 2. The number of hydrogen-bond acceptors (Lipinski definition) is 7. The molecule has 0 saturated carbocycles. The summed E-state index contributed by atoms with van der Waals surface area (Å²) in [5.74, 6) is -0.279. The van der Waals surface area contributed by atoms with E-state index in [9.17, 15) is 8.42 Å². The lowest BCUT2D eigenvalue weighted by Crippen LogP contribution is -2.17. The van der Waals surface area contributed by atoms with Crippen LogP contribution in [0.25, 0.3) is 21.8 Å². The molecular weight excluding hydrogens is 461 g/mol. The highest BCUT2D eigenvalue weighted by atomic mass is 32.2. The Morgan fingerprint density at radius 3 is 2.52 bits per heavy atom. The molecule has 2 N–H and O–H groups in total. The molecule has 0 radical (unpaired) electrons. The summed E-state index contributed by atoms with van der Waals surface area (Å²) in [6.07, 6.45) is 2.08. The van der Waals surface area contributed by atoms with Gasteiger partial charge in [-0.3, -0.25) is 4.72 Å². The van der Waals surface area contributed by atoms with Crippen molar-refractivity contribution in [3.05, 3.63) is 41.3 Å². The van der Waals surface area contributed by atoms with Crippen LogP contribution in [0.15, 0.2) is 30.5 Å². The van der Waals surface area contributed by atoms with Crippen molar-refractivity contribution in [1.82, 2.24) is 15.0 Å². The molecule has 0 bridgehead atoms. The van der Waals surface area contributed by atoms with Gasteiger partial charge in [0.2, 0.25) is 16.0 Å². The van der Waals surface area contributed by atoms with Gasteiger partial charge in [-0.1, -0.05) is 33.8 Å². The van der Waals surface area contributed by atoms with Gasteiger partial charge in [-0.15, -0.1) is 11.3 Å².